The average Bonchev–Trinajstić information content (AvgIpc) is 3.36. The van der Waals surface area contributed by atoms with Crippen LogP contribution >= 0.6 is 27.7 Å². The van der Waals surface area contributed by atoms with E-state index in [1.165, 1.54) is 16.7 Å². The molecule has 4 heterocycles. The lowest BCUT2D eigenvalue weighted by atomic mass is 9.71. The molecule has 0 aromatic rings. The SMILES string of the molecule is C=CCN(CCN1CCOCC1)C(=O)C1N(CCO)C(=O)[C@@H]2[C@H](C(=O)O)[C@H]3SC12CC3Br. The Kier molecular flexibility index (Phi) is 7.21. The topological polar surface area (TPSA) is 111 Å². The minimum absolute atomic E-state index is 0.0173. The Hall–Kier alpha value is -1.14. The van der Waals surface area contributed by atoms with Crippen LogP contribution in [0.5, 0.6) is 0 Å². The number of fused-ring (bicyclic) bond motifs is 1. The first-order valence-corrected chi connectivity index (χ1v) is 12.8. The molecule has 32 heavy (non-hydrogen) atoms. The summed E-state index contributed by atoms with van der Waals surface area (Å²) < 4.78 is 4.59. The van der Waals surface area contributed by atoms with Crippen molar-refractivity contribution in [3.8, 4) is 0 Å². The molecule has 0 saturated carbocycles. The number of alkyl halides is 1. The van der Waals surface area contributed by atoms with Crippen LogP contribution in [0.4, 0.5) is 0 Å². The van der Waals surface area contributed by atoms with Gasteiger partial charge in [-0.2, -0.15) is 0 Å². The molecular formula is C21H30BrN3O6S. The number of aliphatic hydroxyl groups is 1. The van der Waals surface area contributed by atoms with Gasteiger partial charge in [-0.25, -0.2) is 0 Å². The quantitative estimate of drug-likeness (QED) is 0.313. The third-order valence-electron chi connectivity index (χ3n) is 7.10. The molecule has 3 unspecified atom stereocenters. The van der Waals surface area contributed by atoms with Crippen LogP contribution in [0.1, 0.15) is 6.42 Å². The molecule has 2 amide bonds. The maximum Gasteiger partial charge on any atom is 0.308 e. The molecule has 4 fully saturated rings. The Morgan fingerprint density at radius 2 is 2.06 bits per heavy atom. The zero-order valence-electron chi connectivity index (χ0n) is 17.9. The Bertz CT molecular complexity index is 781. The van der Waals surface area contributed by atoms with Gasteiger partial charge in [-0.05, 0) is 6.42 Å². The number of ether oxygens (including phenoxy) is 1. The van der Waals surface area contributed by atoms with Crippen molar-refractivity contribution in [2.24, 2.45) is 11.8 Å². The number of halogens is 1. The van der Waals surface area contributed by atoms with Crippen LogP contribution in [0, 0.1) is 11.8 Å². The predicted octanol–water partition coefficient (Wildman–Crippen LogP) is -0.125. The number of amides is 2. The van der Waals surface area contributed by atoms with Crippen LogP contribution in [0.2, 0.25) is 0 Å². The molecular weight excluding hydrogens is 502 g/mol. The number of carboxylic acid groups (broad SMARTS) is 1. The molecule has 0 aliphatic carbocycles. The number of β-amino-alcohol motifs (C(OH)–C–C–N with tert-alkyl or cyclic N) is 1. The van der Waals surface area contributed by atoms with E-state index in [9.17, 15) is 24.6 Å². The molecule has 2 bridgehead atoms. The van der Waals surface area contributed by atoms with Crippen LogP contribution in [0.3, 0.4) is 0 Å². The predicted molar refractivity (Wildman–Crippen MR) is 123 cm³/mol. The Morgan fingerprint density at radius 1 is 1.34 bits per heavy atom. The molecule has 178 valence electrons. The fraction of sp³-hybridized carbons (Fsp3) is 0.762. The summed E-state index contributed by atoms with van der Waals surface area (Å²) >= 11 is 5.09. The third kappa shape index (κ3) is 3.89. The van der Waals surface area contributed by atoms with E-state index in [0.29, 0.717) is 39.3 Å². The summed E-state index contributed by atoms with van der Waals surface area (Å²) in [6.45, 7) is 8.01. The number of aliphatic hydroxyl groups excluding tert-OH is 1. The van der Waals surface area contributed by atoms with Gasteiger partial charge in [0, 0.05) is 49.3 Å². The summed E-state index contributed by atoms with van der Waals surface area (Å²) in [6.07, 6.45) is 2.22. The van der Waals surface area contributed by atoms with E-state index < -0.39 is 28.6 Å². The van der Waals surface area contributed by atoms with Gasteiger partial charge >= 0.3 is 5.97 Å². The molecule has 6 atom stereocenters. The number of morpholine rings is 1. The normalized spacial score (nSPS) is 36.4. The summed E-state index contributed by atoms with van der Waals surface area (Å²) in [6, 6.07) is -0.795. The van der Waals surface area contributed by atoms with Crippen LogP contribution in [-0.4, -0.2) is 123 Å². The first kappa shape index (κ1) is 24.0. The smallest absolute Gasteiger partial charge is 0.308 e. The number of thioether (sulfide) groups is 1. The number of carboxylic acids is 1. The number of hydrogen-bond donors (Lipinski definition) is 2. The molecule has 2 N–H and O–H groups in total. The van der Waals surface area contributed by atoms with E-state index in [-0.39, 0.29) is 35.0 Å². The fourth-order valence-electron chi connectivity index (χ4n) is 5.75. The zero-order valence-corrected chi connectivity index (χ0v) is 20.3. The minimum Gasteiger partial charge on any atom is -0.481 e. The monoisotopic (exact) mass is 531 g/mol. The van der Waals surface area contributed by atoms with Crippen LogP contribution < -0.4 is 0 Å². The van der Waals surface area contributed by atoms with E-state index >= 15 is 0 Å². The van der Waals surface area contributed by atoms with Crippen molar-refractivity contribution in [3.05, 3.63) is 12.7 Å². The summed E-state index contributed by atoms with van der Waals surface area (Å²) in [4.78, 5) is 44.7. The number of likely N-dealkylation sites (tertiary alicyclic amines) is 1. The number of carbonyl (C=O) groups is 3. The highest BCUT2D eigenvalue weighted by molar-refractivity contribution is 9.09. The van der Waals surface area contributed by atoms with E-state index in [0.717, 1.165) is 13.1 Å². The Labute approximate surface area is 200 Å². The fourth-order valence-corrected chi connectivity index (χ4v) is 9.35. The molecule has 4 aliphatic rings. The van der Waals surface area contributed by atoms with E-state index in [2.05, 4.69) is 27.4 Å². The van der Waals surface area contributed by atoms with Gasteiger partial charge in [-0.15, -0.1) is 18.3 Å². The van der Waals surface area contributed by atoms with Gasteiger partial charge in [0.05, 0.1) is 36.4 Å². The van der Waals surface area contributed by atoms with Gasteiger partial charge < -0.3 is 24.7 Å². The second-order valence-electron chi connectivity index (χ2n) is 8.78. The van der Waals surface area contributed by atoms with Gasteiger partial charge in [0.1, 0.15) is 6.04 Å². The molecule has 1 spiro atoms. The number of hydrogen-bond acceptors (Lipinski definition) is 7. The second kappa shape index (κ2) is 9.61. The molecule has 11 heteroatoms. The van der Waals surface area contributed by atoms with Gasteiger partial charge in [-0.1, -0.05) is 22.0 Å². The molecule has 0 aromatic heterocycles. The number of nitrogens with zero attached hydrogens (tertiary/aromatic N) is 3. The van der Waals surface area contributed by atoms with Gasteiger partial charge in [0.2, 0.25) is 11.8 Å². The maximum absolute atomic E-state index is 13.9. The number of rotatable bonds is 9. The van der Waals surface area contributed by atoms with E-state index in [1.54, 1.807) is 11.0 Å². The number of carbonyl (C=O) groups excluding carboxylic acids is 2. The van der Waals surface area contributed by atoms with Crippen LogP contribution in [0.25, 0.3) is 0 Å². The van der Waals surface area contributed by atoms with Gasteiger partial charge in [0.25, 0.3) is 0 Å². The van der Waals surface area contributed by atoms with Crippen LogP contribution in [-0.2, 0) is 19.1 Å². The largest absolute Gasteiger partial charge is 0.481 e. The standard InChI is InChI=1S/C21H30BrN3O6S/c1-2-3-24(5-4-23-7-10-31-11-8-23)19(28)17-21-12-13(22)16(32-21)14(20(29)30)15(21)18(27)25(17)6-9-26/h2,13-17,26H,1,3-12H2,(H,29,30)/t13?,14-,15-,16-,17?,21?/m0/s1. The molecule has 4 aliphatic heterocycles. The zero-order chi connectivity index (χ0) is 23.0. The van der Waals surface area contributed by atoms with Gasteiger partial charge in [0.15, 0.2) is 0 Å². The molecule has 4 rings (SSSR count). The summed E-state index contributed by atoms with van der Waals surface area (Å²) in [5.74, 6) is -3.12. The first-order chi connectivity index (χ1) is 15.4. The summed E-state index contributed by atoms with van der Waals surface area (Å²) in [5.41, 5.74) is 0. The highest BCUT2D eigenvalue weighted by Crippen LogP contribution is 2.67. The van der Waals surface area contributed by atoms with Crippen molar-refractivity contribution in [2.45, 2.75) is 27.3 Å². The Balaban J connectivity index is 1.62. The Morgan fingerprint density at radius 3 is 2.69 bits per heavy atom. The lowest BCUT2D eigenvalue weighted by Gasteiger charge is -2.38. The van der Waals surface area contributed by atoms with Crippen molar-refractivity contribution < 1.29 is 29.3 Å². The van der Waals surface area contributed by atoms with E-state index in [1.807, 2.05) is 0 Å². The molecule has 9 nitrogen and oxygen atoms in total. The van der Waals surface area contributed by atoms with Crippen molar-refractivity contribution in [1.82, 2.24) is 14.7 Å². The summed E-state index contributed by atoms with van der Waals surface area (Å²) in [5, 5.41) is 19.3. The van der Waals surface area contributed by atoms with Gasteiger partial charge in [-0.3, -0.25) is 19.3 Å². The van der Waals surface area contributed by atoms with Crippen molar-refractivity contribution in [3.63, 3.8) is 0 Å². The highest BCUT2D eigenvalue weighted by Gasteiger charge is 2.75. The maximum atomic E-state index is 13.9. The van der Waals surface area contributed by atoms with E-state index in [4.69, 9.17) is 4.74 Å². The molecule has 4 saturated heterocycles. The third-order valence-corrected chi connectivity index (χ3v) is 10.3. The molecule has 0 radical (unpaired) electrons. The number of aliphatic carboxylic acids is 1. The lowest BCUT2D eigenvalue weighted by molar-refractivity contribution is -0.148. The van der Waals surface area contributed by atoms with Crippen molar-refractivity contribution >= 4 is 45.5 Å². The second-order valence-corrected chi connectivity index (χ2v) is 11.5. The lowest BCUT2D eigenvalue weighted by Crippen LogP contribution is -2.56. The van der Waals surface area contributed by atoms with Crippen LogP contribution in [0.15, 0.2) is 12.7 Å². The average molecular weight is 532 g/mol. The first-order valence-electron chi connectivity index (χ1n) is 11.0. The highest BCUT2D eigenvalue weighted by atomic mass is 79.9. The molecule has 0 aromatic carbocycles. The minimum atomic E-state index is -1.00. The van der Waals surface area contributed by atoms with Crippen molar-refractivity contribution in [1.29, 1.82) is 0 Å². The van der Waals surface area contributed by atoms with Crippen molar-refractivity contribution in [2.75, 3.05) is 59.1 Å². The summed E-state index contributed by atoms with van der Waals surface area (Å²) in [7, 11) is 0.